The van der Waals surface area contributed by atoms with Crippen molar-refractivity contribution in [3.8, 4) is 0 Å². The molecular formula is C18H14ClFN2O. The number of amides is 1. The average molecular weight is 329 g/mol. The minimum absolute atomic E-state index is 0.119. The van der Waals surface area contributed by atoms with Crippen LogP contribution in [0.3, 0.4) is 0 Å². The van der Waals surface area contributed by atoms with Crippen LogP contribution in [0.25, 0.3) is 10.9 Å². The molecule has 0 spiro atoms. The Labute approximate surface area is 138 Å². The quantitative estimate of drug-likeness (QED) is 0.674. The van der Waals surface area contributed by atoms with Crippen LogP contribution in [0, 0.1) is 5.82 Å². The molecule has 3 nitrogen and oxygen atoms in total. The van der Waals surface area contributed by atoms with Gasteiger partial charge in [0.05, 0.1) is 12.1 Å². The lowest BCUT2D eigenvalue weighted by molar-refractivity contribution is -0.116. The van der Waals surface area contributed by atoms with E-state index in [2.05, 4.69) is 4.98 Å². The normalized spacial score (nSPS) is 10.7. The molecule has 0 saturated carbocycles. The van der Waals surface area contributed by atoms with Crippen LogP contribution < -0.4 is 4.90 Å². The molecule has 1 amide bonds. The zero-order valence-corrected chi connectivity index (χ0v) is 13.0. The molecule has 2 aromatic carbocycles. The standard InChI is InChI=1S/C18H14ClFN2O/c19-11-18(23)22(12-13-3-5-15(20)6-4-13)16-7-8-17-14(10-16)2-1-9-21-17/h1-10H,11-12H2. The molecule has 1 aromatic heterocycles. The van der Waals surface area contributed by atoms with Gasteiger partial charge in [0.1, 0.15) is 11.7 Å². The molecule has 0 bridgehead atoms. The summed E-state index contributed by atoms with van der Waals surface area (Å²) in [6.45, 7) is 0.331. The Hall–Kier alpha value is -2.46. The molecule has 0 N–H and O–H groups in total. The van der Waals surface area contributed by atoms with Crippen molar-refractivity contribution in [2.75, 3.05) is 10.8 Å². The number of carbonyl (C=O) groups is 1. The van der Waals surface area contributed by atoms with E-state index in [4.69, 9.17) is 11.6 Å². The summed E-state index contributed by atoms with van der Waals surface area (Å²) in [4.78, 5) is 18.1. The van der Waals surface area contributed by atoms with Gasteiger partial charge in [-0.3, -0.25) is 9.78 Å². The Morgan fingerprint density at radius 1 is 1.13 bits per heavy atom. The maximum absolute atomic E-state index is 13.0. The highest BCUT2D eigenvalue weighted by Gasteiger charge is 2.16. The first-order valence-electron chi connectivity index (χ1n) is 7.13. The van der Waals surface area contributed by atoms with Crippen LogP contribution in [0.2, 0.25) is 0 Å². The number of rotatable bonds is 4. The van der Waals surface area contributed by atoms with Crippen LogP contribution in [0.4, 0.5) is 10.1 Å². The average Bonchev–Trinajstić information content (AvgIpc) is 2.60. The van der Waals surface area contributed by atoms with Crippen molar-refractivity contribution in [3.05, 3.63) is 72.2 Å². The molecule has 116 valence electrons. The van der Waals surface area contributed by atoms with Gasteiger partial charge in [-0.25, -0.2) is 4.39 Å². The van der Waals surface area contributed by atoms with Crippen LogP contribution in [0.15, 0.2) is 60.8 Å². The summed E-state index contributed by atoms with van der Waals surface area (Å²) in [6, 6.07) is 15.5. The number of pyridine rings is 1. The van der Waals surface area contributed by atoms with Crippen molar-refractivity contribution < 1.29 is 9.18 Å². The molecule has 3 rings (SSSR count). The molecule has 0 fully saturated rings. The van der Waals surface area contributed by atoms with Crippen molar-refractivity contribution in [2.24, 2.45) is 0 Å². The molecule has 0 aliphatic rings. The fraction of sp³-hybridized carbons (Fsp3) is 0.111. The van der Waals surface area contributed by atoms with Gasteiger partial charge in [0.2, 0.25) is 5.91 Å². The molecule has 3 aromatic rings. The summed E-state index contributed by atoms with van der Waals surface area (Å²) in [5.41, 5.74) is 2.42. The monoisotopic (exact) mass is 328 g/mol. The van der Waals surface area contributed by atoms with Gasteiger partial charge in [-0.05, 0) is 42.0 Å². The molecule has 1 heterocycles. The van der Waals surface area contributed by atoms with Crippen molar-refractivity contribution in [3.63, 3.8) is 0 Å². The van der Waals surface area contributed by atoms with E-state index in [9.17, 15) is 9.18 Å². The second kappa shape index (κ2) is 6.75. The number of hydrogen-bond donors (Lipinski definition) is 0. The third-order valence-electron chi connectivity index (χ3n) is 3.57. The Morgan fingerprint density at radius 2 is 1.91 bits per heavy atom. The minimum atomic E-state index is -0.305. The molecule has 5 heteroatoms. The van der Waals surface area contributed by atoms with Gasteiger partial charge in [0, 0.05) is 17.3 Å². The van der Waals surface area contributed by atoms with E-state index in [0.717, 1.165) is 22.2 Å². The number of anilines is 1. The Bertz CT molecular complexity index is 836. The molecule has 0 aliphatic carbocycles. The fourth-order valence-corrected chi connectivity index (χ4v) is 2.54. The summed E-state index contributed by atoms with van der Waals surface area (Å²) in [5, 5.41) is 0.941. The lowest BCUT2D eigenvalue weighted by Crippen LogP contribution is -2.31. The van der Waals surface area contributed by atoms with Crippen molar-refractivity contribution >= 4 is 34.1 Å². The number of fused-ring (bicyclic) bond motifs is 1. The van der Waals surface area contributed by atoms with E-state index in [1.807, 2.05) is 30.3 Å². The van der Waals surface area contributed by atoms with E-state index in [1.54, 1.807) is 23.2 Å². The summed E-state index contributed by atoms with van der Waals surface area (Å²) >= 11 is 5.74. The molecule has 23 heavy (non-hydrogen) atoms. The molecular weight excluding hydrogens is 315 g/mol. The van der Waals surface area contributed by atoms with Crippen LogP contribution in [-0.2, 0) is 11.3 Å². The number of benzene rings is 2. The lowest BCUT2D eigenvalue weighted by atomic mass is 10.1. The summed E-state index contributed by atoms with van der Waals surface area (Å²) in [7, 11) is 0. The number of carbonyl (C=O) groups excluding carboxylic acids is 1. The third-order valence-corrected chi connectivity index (χ3v) is 3.80. The van der Waals surface area contributed by atoms with Crippen molar-refractivity contribution in [2.45, 2.75) is 6.54 Å². The number of aromatic nitrogens is 1. The zero-order valence-electron chi connectivity index (χ0n) is 12.2. The third kappa shape index (κ3) is 3.48. The lowest BCUT2D eigenvalue weighted by Gasteiger charge is -2.22. The summed E-state index contributed by atoms with van der Waals surface area (Å²) in [6.07, 6.45) is 1.72. The topological polar surface area (TPSA) is 33.2 Å². The smallest absolute Gasteiger partial charge is 0.242 e. The summed E-state index contributed by atoms with van der Waals surface area (Å²) < 4.78 is 13.0. The summed E-state index contributed by atoms with van der Waals surface area (Å²) in [5.74, 6) is -0.633. The van der Waals surface area contributed by atoms with E-state index in [-0.39, 0.29) is 17.6 Å². The predicted octanol–water partition coefficient (Wildman–Crippen LogP) is 4.15. The van der Waals surface area contributed by atoms with Crippen molar-refractivity contribution in [1.82, 2.24) is 4.98 Å². The Balaban J connectivity index is 1.96. The number of nitrogens with zero attached hydrogens (tertiary/aromatic N) is 2. The van der Waals surface area contributed by atoms with Crippen LogP contribution >= 0.6 is 11.6 Å². The first kappa shape index (κ1) is 15.4. The van der Waals surface area contributed by atoms with Crippen LogP contribution in [0.5, 0.6) is 0 Å². The van der Waals surface area contributed by atoms with Crippen LogP contribution in [0.1, 0.15) is 5.56 Å². The first-order valence-corrected chi connectivity index (χ1v) is 7.66. The first-order chi connectivity index (χ1) is 11.2. The maximum atomic E-state index is 13.0. The Kier molecular flexibility index (Phi) is 4.53. The van der Waals surface area contributed by atoms with Crippen LogP contribution in [-0.4, -0.2) is 16.8 Å². The highest BCUT2D eigenvalue weighted by Crippen LogP contribution is 2.23. The fourth-order valence-electron chi connectivity index (χ4n) is 2.40. The van der Waals surface area contributed by atoms with E-state index < -0.39 is 0 Å². The highest BCUT2D eigenvalue weighted by atomic mass is 35.5. The van der Waals surface area contributed by atoms with Gasteiger partial charge >= 0.3 is 0 Å². The number of halogens is 2. The zero-order chi connectivity index (χ0) is 16.2. The maximum Gasteiger partial charge on any atom is 0.242 e. The minimum Gasteiger partial charge on any atom is -0.307 e. The van der Waals surface area contributed by atoms with Gasteiger partial charge in [-0.1, -0.05) is 18.2 Å². The predicted molar refractivity (Wildman–Crippen MR) is 90.1 cm³/mol. The molecule has 0 unspecified atom stereocenters. The van der Waals surface area contributed by atoms with Gasteiger partial charge in [0.25, 0.3) is 0 Å². The highest BCUT2D eigenvalue weighted by molar-refractivity contribution is 6.29. The van der Waals surface area contributed by atoms with E-state index >= 15 is 0 Å². The number of hydrogen-bond acceptors (Lipinski definition) is 2. The van der Waals surface area contributed by atoms with E-state index in [1.165, 1.54) is 12.1 Å². The van der Waals surface area contributed by atoms with Gasteiger partial charge in [0.15, 0.2) is 0 Å². The van der Waals surface area contributed by atoms with Gasteiger partial charge in [-0.2, -0.15) is 0 Å². The van der Waals surface area contributed by atoms with Gasteiger partial charge < -0.3 is 4.90 Å². The van der Waals surface area contributed by atoms with E-state index in [0.29, 0.717) is 6.54 Å². The molecule has 0 aliphatic heterocycles. The molecule has 0 atom stereocenters. The van der Waals surface area contributed by atoms with Crippen molar-refractivity contribution in [1.29, 1.82) is 0 Å². The second-order valence-corrected chi connectivity index (χ2v) is 5.39. The second-order valence-electron chi connectivity index (χ2n) is 5.12. The SMILES string of the molecule is O=C(CCl)N(Cc1ccc(F)cc1)c1ccc2ncccc2c1. The molecule has 0 saturated heterocycles. The molecule has 0 radical (unpaired) electrons. The Morgan fingerprint density at radius 3 is 2.65 bits per heavy atom. The largest absolute Gasteiger partial charge is 0.307 e. The van der Waals surface area contributed by atoms with Gasteiger partial charge in [-0.15, -0.1) is 11.6 Å². The number of alkyl halides is 1.